The molecular weight excluding hydrogens is 509 g/mol. The van der Waals surface area contributed by atoms with Crippen LogP contribution in [0.3, 0.4) is 0 Å². The number of hydrogen-bond donors (Lipinski definition) is 2. The number of nitrogens with zero attached hydrogens (tertiary/aromatic N) is 1. The van der Waals surface area contributed by atoms with Gasteiger partial charge in [-0.25, -0.2) is 4.79 Å². The summed E-state index contributed by atoms with van der Waals surface area (Å²) in [5.74, 6) is -0.0793. The van der Waals surface area contributed by atoms with Crippen LogP contribution in [0, 0.1) is 39.4 Å². The van der Waals surface area contributed by atoms with E-state index >= 15 is 0 Å². The lowest BCUT2D eigenvalue weighted by Crippen LogP contribution is -2.58. The Morgan fingerprint density at radius 3 is 2.70 bits per heavy atom. The normalized spacial score (nSPS) is 35.1. The van der Waals surface area contributed by atoms with E-state index in [0.29, 0.717) is 30.3 Å². The lowest BCUT2D eigenvalue weighted by molar-refractivity contribution is -0.190. The summed E-state index contributed by atoms with van der Waals surface area (Å²) in [5.41, 5.74) is -0.166. The maximum atomic E-state index is 13.3. The lowest BCUT2D eigenvalue weighted by atomic mass is 9.47. The smallest absolute Gasteiger partial charge is 0.481 e. The average Bonchev–Trinajstić information content (AvgIpc) is 3.31. The third-order valence-electron chi connectivity index (χ3n) is 10.5. The Morgan fingerprint density at radius 2 is 2.05 bits per heavy atom. The van der Waals surface area contributed by atoms with Crippen LogP contribution in [-0.2, 0) is 25.6 Å². The van der Waals surface area contributed by atoms with Gasteiger partial charge in [0.25, 0.3) is 0 Å². The average molecular weight is 551 g/mol. The number of esters is 1. The van der Waals surface area contributed by atoms with Crippen LogP contribution in [0.4, 0.5) is 0 Å². The number of fused-ring (bicyclic) bond motifs is 3. The van der Waals surface area contributed by atoms with Crippen LogP contribution >= 0.6 is 0 Å². The molecule has 0 radical (unpaired) electrons. The molecule has 1 aromatic rings. The minimum absolute atomic E-state index is 0.0646. The molecular formula is C31H42BNO7. The second-order valence-electron chi connectivity index (χ2n) is 12.9. The van der Waals surface area contributed by atoms with Gasteiger partial charge in [-0.1, -0.05) is 39.8 Å². The summed E-state index contributed by atoms with van der Waals surface area (Å²) < 4.78 is 17.2. The number of ketones is 1. The zero-order valence-electron chi connectivity index (χ0n) is 24.4. The van der Waals surface area contributed by atoms with Crippen LogP contribution in [0.1, 0.15) is 84.3 Å². The highest BCUT2D eigenvalue weighted by atomic mass is 16.6. The summed E-state index contributed by atoms with van der Waals surface area (Å²) in [6, 6.07) is 5.37. The molecule has 1 aliphatic heterocycles. The van der Waals surface area contributed by atoms with Gasteiger partial charge in [-0.15, -0.1) is 6.58 Å². The first-order chi connectivity index (χ1) is 18.8. The van der Waals surface area contributed by atoms with E-state index in [4.69, 9.17) is 14.1 Å². The molecule has 0 unspecified atom stereocenters. The van der Waals surface area contributed by atoms with Crippen LogP contribution in [-0.4, -0.2) is 47.8 Å². The van der Waals surface area contributed by atoms with Crippen molar-refractivity contribution in [1.82, 2.24) is 0 Å². The highest BCUT2D eigenvalue weighted by Crippen LogP contribution is 2.62. The maximum Gasteiger partial charge on any atom is 0.493 e. The highest BCUT2D eigenvalue weighted by molar-refractivity contribution is 6.62. The van der Waals surface area contributed by atoms with E-state index in [1.807, 2.05) is 6.92 Å². The van der Waals surface area contributed by atoms with Gasteiger partial charge in [-0.05, 0) is 67.9 Å². The molecule has 0 amide bonds. The van der Waals surface area contributed by atoms with Crippen molar-refractivity contribution in [3.8, 4) is 11.8 Å². The molecule has 0 saturated heterocycles. The van der Waals surface area contributed by atoms with Gasteiger partial charge in [0.05, 0.1) is 18.3 Å². The molecule has 8 nitrogen and oxygen atoms in total. The molecule has 0 aromatic heterocycles. The molecule has 40 heavy (non-hydrogen) atoms. The van der Waals surface area contributed by atoms with Crippen molar-refractivity contribution >= 4 is 24.3 Å². The van der Waals surface area contributed by atoms with E-state index in [0.717, 1.165) is 19.3 Å². The minimum Gasteiger partial charge on any atom is -0.481 e. The third-order valence-corrected chi connectivity index (χ3v) is 10.5. The van der Waals surface area contributed by atoms with Crippen molar-refractivity contribution in [3.05, 3.63) is 35.9 Å². The number of ether oxygens (including phenoxy) is 2. The van der Waals surface area contributed by atoms with Gasteiger partial charge in [-0.3, -0.25) is 0 Å². The Bertz CT molecular complexity index is 1210. The molecule has 2 saturated carbocycles. The van der Waals surface area contributed by atoms with Gasteiger partial charge in [0.1, 0.15) is 23.7 Å². The summed E-state index contributed by atoms with van der Waals surface area (Å²) in [7, 11) is -1.21. The summed E-state index contributed by atoms with van der Waals surface area (Å²) in [6.07, 6.45) is 4.62. The number of rotatable bonds is 8. The fraction of sp³-hybridized carbons (Fsp3) is 0.645. The molecule has 9 heteroatoms. The van der Waals surface area contributed by atoms with Crippen molar-refractivity contribution < 1.29 is 33.8 Å². The minimum atomic E-state index is -1.21. The number of aliphatic hydroxyl groups excluding tert-OH is 1. The van der Waals surface area contributed by atoms with Crippen LogP contribution in [0.25, 0.3) is 0 Å². The zero-order valence-corrected chi connectivity index (χ0v) is 24.4. The fourth-order valence-electron chi connectivity index (χ4n) is 7.45. The van der Waals surface area contributed by atoms with Crippen molar-refractivity contribution in [1.29, 1.82) is 5.26 Å². The van der Waals surface area contributed by atoms with E-state index in [1.54, 1.807) is 25.1 Å². The maximum absolute atomic E-state index is 13.3. The summed E-state index contributed by atoms with van der Waals surface area (Å²) >= 11 is 0. The second-order valence-corrected chi connectivity index (χ2v) is 12.9. The molecule has 0 spiro atoms. The Morgan fingerprint density at radius 1 is 1.32 bits per heavy atom. The molecule has 2 bridgehead atoms. The van der Waals surface area contributed by atoms with E-state index in [-0.39, 0.29) is 41.0 Å². The fourth-order valence-corrected chi connectivity index (χ4v) is 7.45. The molecule has 7 atom stereocenters. The van der Waals surface area contributed by atoms with Gasteiger partial charge in [0.2, 0.25) is 0 Å². The molecule has 1 aromatic carbocycles. The first-order valence-corrected chi connectivity index (χ1v) is 14.3. The number of nitriles is 1. The van der Waals surface area contributed by atoms with Crippen LogP contribution in [0.15, 0.2) is 24.8 Å². The SMILES string of the molecule is C=C[C@]1(C)C[C@@H](OC(=O)COc2ccc3c(c2C#N)B(O)OC3)[C@@]2(C)C[C@](CCC(C)=O)(CC[C@H]2C)[C@@H](C)[C@@H]1O. The Balaban J connectivity index is 1.61. The molecule has 2 aliphatic carbocycles. The van der Waals surface area contributed by atoms with Gasteiger partial charge < -0.3 is 29.1 Å². The standard InChI is InChI=1S/C31H42BNO7/c1-7-29(5)14-25(30(6)18-31(12-10-19(30)2,13-11-20(3)34)21(4)28(29)36)40-26(35)17-38-24-9-8-22-16-39-32(37)27(22)23(24)15-33/h7-9,19,21,25,28,36-37H,1,10-14,16-18H2,2-6H3/t19-,21+,25-,28+,29-,30+,31-/m1/s1. The molecule has 1 heterocycles. The molecule has 4 rings (SSSR count). The first kappa shape index (κ1) is 30.3. The summed E-state index contributed by atoms with van der Waals surface area (Å²) in [6.45, 7) is 13.9. The van der Waals surface area contributed by atoms with Crippen LogP contribution in [0.5, 0.6) is 5.75 Å². The van der Waals surface area contributed by atoms with Gasteiger partial charge in [-0.2, -0.15) is 5.26 Å². The zero-order chi connectivity index (χ0) is 29.5. The summed E-state index contributed by atoms with van der Waals surface area (Å²) in [5, 5.41) is 31.5. The van der Waals surface area contributed by atoms with E-state index in [9.17, 15) is 25.0 Å². The Labute approximate surface area is 237 Å². The number of aliphatic hydroxyl groups is 1. The highest BCUT2D eigenvalue weighted by Gasteiger charge is 2.58. The Kier molecular flexibility index (Phi) is 8.57. The van der Waals surface area contributed by atoms with Gasteiger partial charge in [0, 0.05) is 22.7 Å². The lowest BCUT2D eigenvalue weighted by Gasteiger charge is -2.60. The van der Waals surface area contributed by atoms with E-state index in [2.05, 4.69) is 33.4 Å². The van der Waals surface area contributed by atoms with E-state index < -0.39 is 42.7 Å². The Hall–Kier alpha value is -2.67. The van der Waals surface area contributed by atoms with Crippen molar-refractivity contribution in [2.24, 2.45) is 28.1 Å². The molecule has 2 fully saturated rings. The quantitative estimate of drug-likeness (QED) is 0.284. The number of carbonyl (C=O) groups excluding carboxylic acids is 2. The third kappa shape index (κ3) is 5.34. The van der Waals surface area contributed by atoms with Crippen LogP contribution < -0.4 is 10.2 Å². The predicted molar refractivity (Wildman–Crippen MR) is 150 cm³/mol. The van der Waals surface area contributed by atoms with Gasteiger partial charge >= 0.3 is 13.1 Å². The number of Topliss-reactive ketones (excluding diaryl/α,β-unsaturated/α-hetero) is 1. The number of hydrogen-bond acceptors (Lipinski definition) is 8. The number of carbonyl (C=O) groups is 2. The topological polar surface area (TPSA) is 126 Å². The molecule has 3 aliphatic rings. The number of benzene rings is 1. The predicted octanol–water partition coefficient (Wildman–Crippen LogP) is 3.84. The molecule has 2 N–H and O–H groups in total. The monoisotopic (exact) mass is 551 g/mol. The van der Waals surface area contributed by atoms with E-state index in [1.165, 1.54) is 0 Å². The van der Waals surface area contributed by atoms with Crippen molar-refractivity contribution in [2.75, 3.05) is 6.61 Å². The second kappa shape index (κ2) is 11.3. The van der Waals surface area contributed by atoms with Crippen LogP contribution in [0.2, 0.25) is 0 Å². The van der Waals surface area contributed by atoms with Crippen molar-refractivity contribution in [3.63, 3.8) is 0 Å². The summed E-state index contributed by atoms with van der Waals surface area (Å²) in [4.78, 5) is 25.3. The first-order valence-electron chi connectivity index (χ1n) is 14.3. The van der Waals surface area contributed by atoms with Crippen molar-refractivity contribution in [2.45, 2.75) is 92.0 Å². The largest absolute Gasteiger partial charge is 0.493 e. The molecule has 216 valence electrons. The van der Waals surface area contributed by atoms with Gasteiger partial charge in [0.15, 0.2) is 6.61 Å².